The van der Waals surface area contributed by atoms with Crippen molar-refractivity contribution in [2.75, 3.05) is 14.2 Å². The van der Waals surface area contributed by atoms with Crippen LogP contribution in [0.1, 0.15) is 31.8 Å². The number of hydrogen-bond donors (Lipinski definition) is 0. The Morgan fingerprint density at radius 2 is 1.22 bits per heavy atom. The molecule has 2 aromatic rings. The van der Waals surface area contributed by atoms with Crippen molar-refractivity contribution >= 4 is 27.9 Å². The van der Waals surface area contributed by atoms with Crippen LogP contribution in [-0.2, 0) is 21.2 Å². The van der Waals surface area contributed by atoms with E-state index in [1.165, 1.54) is 7.11 Å². The largest absolute Gasteiger partial charge is 1.00 e. The summed E-state index contributed by atoms with van der Waals surface area (Å²) in [5.74, 6) is -5.75. The van der Waals surface area contributed by atoms with E-state index in [-0.39, 0.29) is 58.0 Å². The van der Waals surface area contributed by atoms with Gasteiger partial charge in [0, 0.05) is 5.33 Å². The summed E-state index contributed by atoms with van der Waals surface area (Å²) in [5.41, 5.74) is 0.375. The predicted octanol–water partition coefficient (Wildman–Crippen LogP) is 1.56. The Morgan fingerprint density at radius 3 is 1.56 bits per heavy atom. The van der Waals surface area contributed by atoms with E-state index in [9.17, 15) is 27.2 Å². The number of benzene rings is 2. The zero-order valence-electron chi connectivity index (χ0n) is 17.1. The van der Waals surface area contributed by atoms with Gasteiger partial charge in [-0.3, -0.25) is 0 Å². The molecule has 0 heterocycles. The molecule has 0 N–H and O–H groups in total. The first-order valence-electron chi connectivity index (χ1n) is 7.97. The molecule has 0 aliphatic rings. The van der Waals surface area contributed by atoms with Gasteiger partial charge in [0.05, 0.1) is 37.8 Å². The van der Waals surface area contributed by atoms with Crippen LogP contribution in [0.25, 0.3) is 0 Å². The second-order valence-electron chi connectivity index (χ2n) is 5.30. The summed E-state index contributed by atoms with van der Waals surface area (Å²) in [7, 11) is 2.31. The van der Waals surface area contributed by atoms with E-state index < -0.39 is 35.2 Å². The van der Waals surface area contributed by atoms with Gasteiger partial charge in [-0.05, 0) is 35.4 Å². The number of halogens is 5. The summed E-state index contributed by atoms with van der Waals surface area (Å²) in [6, 6.07) is 5.11. The number of rotatable bonds is 4. The van der Waals surface area contributed by atoms with Crippen molar-refractivity contribution in [3.05, 3.63) is 76.4 Å². The number of carbonyl (C=O) groups is 2. The second kappa shape index (κ2) is 16.2. The number of carbonyl (C=O) groups excluding carboxylic acids is 2. The summed E-state index contributed by atoms with van der Waals surface area (Å²) in [6.07, 6.45) is -0.179. The summed E-state index contributed by atoms with van der Waals surface area (Å²) >= 11 is 3.07. The van der Waals surface area contributed by atoms with Crippen molar-refractivity contribution < 1.29 is 66.2 Å². The number of ether oxygens (including phenoxy) is 2. The van der Waals surface area contributed by atoms with E-state index in [0.29, 0.717) is 5.56 Å². The third-order valence-electron chi connectivity index (χ3n) is 3.52. The minimum Gasteiger partial charge on any atom is -0.512 e. The minimum absolute atomic E-state index is 0. The molecule has 0 aromatic heterocycles. The predicted molar refractivity (Wildman–Crippen MR) is 102 cm³/mol. The van der Waals surface area contributed by atoms with Crippen molar-refractivity contribution in [2.24, 2.45) is 0 Å². The second-order valence-corrected chi connectivity index (χ2v) is 5.86. The quantitative estimate of drug-likeness (QED) is 0.198. The third kappa shape index (κ3) is 8.97. The molecule has 0 radical (unpaired) electrons. The average molecular weight is 525 g/mol. The van der Waals surface area contributed by atoms with Crippen LogP contribution >= 0.6 is 15.9 Å². The van der Waals surface area contributed by atoms with E-state index in [4.69, 9.17) is 17.1 Å². The van der Waals surface area contributed by atoms with Crippen LogP contribution in [0.5, 0.6) is 0 Å². The molecule has 0 amide bonds. The molecule has 0 fully saturated rings. The van der Waals surface area contributed by atoms with Crippen molar-refractivity contribution in [2.45, 2.75) is 11.8 Å². The first-order chi connectivity index (χ1) is 14.7. The molecule has 2 rings (SSSR count). The fraction of sp³-hybridized carbons (Fsp3) is 0.200. The average Bonchev–Trinajstić information content (AvgIpc) is 2.78. The van der Waals surface area contributed by atoms with Gasteiger partial charge in [-0.1, -0.05) is 15.9 Å². The number of methoxy groups -OCH3 is 2. The Kier molecular flexibility index (Phi) is 16.1. The molecule has 32 heavy (non-hydrogen) atoms. The molecule has 0 spiro atoms. The molecular weight excluding hydrogens is 511 g/mol. The van der Waals surface area contributed by atoms with E-state index in [0.717, 1.165) is 31.4 Å². The van der Waals surface area contributed by atoms with Crippen LogP contribution in [0.15, 0.2) is 24.3 Å². The van der Waals surface area contributed by atoms with Gasteiger partial charge in [0.25, 0.3) is 0 Å². The molecule has 0 aliphatic carbocycles. The Hall–Kier alpha value is -2.44. The van der Waals surface area contributed by atoms with Crippen LogP contribution in [0.2, 0.25) is 0 Å². The van der Waals surface area contributed by atoms with Gasteiger partial charge < -0.3 is 21.3 Å². The van der Waals surface area contributed by atoms with Crippen molar-refractivity contribution in [1.29, 1.82) is 10.5 Å². The molecule has 6 nitrogen and oxygen atoms in total. The van der Waals surface area contributed by atoms with Crippen molar-refractivity contribution in [3.8, 4) is 6.07 Å². The fourth-order valence-corrected chi connectivity index (χ4v) is 2.58. The molecule has 0 saturated heterocycles. The number of alkyl halides is 1. The topological polar surface area (TPSA) is 100 Å². The van der Waals surface area contributed by atoms with E-state index >= 15 is 0 Å². The molecule has 12 heteroatoms. The summed E-state index contributed by atoms with van der Waals surface area (Å²) in [5, 5.41) is 14.9. The van der Waals surface area contributed by atoms with Gasteiger partial charge in [0.2, 0.25) is 0 Å². The van der Waals surface area contributed by atoms with Gasteiger partial charge in [-0.25, -0.2) is 27.2 Å². The monoisotopic (exact) mass is 524 g/mol. The normalized spacial score (nSPS) is 8.88. The number of nitriles is 1. The first kappa shape index (κ1) is 31.7. The van der Waals surface area contributed by atoms with Crippen LogP contribution < -0.4 is 29.6 Å². The maximum Gasteiger partial charge on any atom is 1.00 e. The molecule has 2 aromatic carbocycles. The number of nitrogens with zero attached hydrogens (tertiary/aromatic N) is 2. The van der Waals surface area contributed by atoms with Gasteiger partial charge in [-0.2, -0.15) is 5.26 Å². The van der Waals surface area contributed by atoms with Crippen molar-refractivity contribution in [3.63, 3.8) is 0 Å². The Bertz CT molecular complexity index is 1010. The zero-order valence-corrected chi connectivity index (χ0v) is 20.7. The number of esters is 2. The van der Waals surface area contributed by atoms with E-state index in [2.05, 4.69) is 25.4 Å². The van der Waals surface area contributed by atoms with Crippen molar-refractivity contribution in [1.82, 2.24) is 0 Å². The summed E-state index contributed by atoms with van der Waals surface area (Å²) in [6.45, 7) is 4.75. The van der Waals surface area contributed by atoms with E-state index in [1.54, 1.807) is 6.07 Å². The first-order valence-corrected chi connectivity index (χ1v) is 9.09. The van der Waals surface area contributed by atoms with Crippen LogP contribution in [0.3, 0.4) is 0 Å². The maximum atomic E-state index is 12.8. The fourth-order valence-electron chi connectivity index (χ4n) is 2.12. The minimum atomic E-state index is -1.14. The van der Waals surface area contributed by atoms with Gasteiger partial charge in [0.15, 0.2) is 23.3 Å². The standard InChI is InChI=1S/C10H7F2NO2.C9H7BrF2O2.CN.Na/c1-15-10(14)7-5-9(12)8(11)4-6(7)2-3-13;1-14-9(13)6-3-8(12)7(11)2-5(6)4-10;1-2;/h4-5H,2H2,1H3;2-3H,4H2,1H3;;/q;;-1;+1. The van der Waals surface area contributed by atoms with Crippen LogP contribution in [-0.4, -0.2) is 26.2 Å². The Balaban J connectivity index is 0. The SMILES string of the molecule is COC(=O)c1cc(F)c(F)cc1CBr.COC(=O)c1cc(F)c(F)cc1CC#N.[C-]#N.[Na+]. The van der Waals surface area contributed by atoms with Gasteiger partial charge >= 0.3 is 41.5 Å². The summed E-state index contributed by atoms with van der Waals surface area (Å²) < 4.78 is 60.0. The molecular formula is C20H14BrF4N2NaO4. The third-order valence-corrected chi connectivity index (χ3v) is 4.12. The maximum absolute atomic E-state index is 12.8. The summed E-state index contributed by atoms with van der Waals surface area (Å²) in [4.78, 5) is 22.3. The van der Waals surface area contributed by atoms with E-state index in [1.807, 2.05) is 0 Å². The van der Waals surface area contributed by atoms with Gasteiger partial charge in [-0.15, -0.1) is 0 Å². The Morgan fingerprint density at radius 1 is 0.875 bits per heavy atom. The smallest absolute Gasteiger partial charge is 0.512 e. The van der Waals surface area contributed by atoms with Crippen LogP contribution in [0, 0.1) is 46.4 Å². The Labute approximate surface area is 212 Å². The molecule has 0 saturated carbocycles. The molecule has 0 bridgehead atoms. The number of hydrogen-bond acceptors (Lipinski definition) is 6. The van der Waals surface area contributed by atoms with Gasteiger partial charge in [0.1, 0.15) is 0 Å². The van der Waals surface area contributed by atoms with Crippen LogP contribution in [0.4, 0.5) is 17.6 Å². The molecule has 0 atom stereocenters. The molecule has 164 valence electrons. The zero-order chi connectivity index (χ0) is 24.1. The molecule has 0 aliphatic heterocycles. The molecule has 0 unspecified atom stereocenters.